The summed E-state index contributed by atoms with van der Waals surface area (Å²) in [6.45, 7) is 2.30. The van der Waals surface area contributed by atoms with Gasteiger partial charge in [-0.1, -0.05) is 12.1 Å². The molecular formula is C15H21FN2O2. The number of nitrogens with zero attached hydrogens (tertiary/aromatic N) is 1. The van der Waals surface area contributed by atoms with E-state index in [0.717, 1.165) is 19.5 Å². The van der Waals surface area contributed by atoms with Crippen molar-refractivity contribution in [1.82, 2.24) is 10.2 Å². The molecule has 1 amide bonds. The zero-order chi connectivity index (χ0) is 14.5. The fourth-order valence-electron chi connectivity index (χ4n) is 2.66. The zero-order valence-corrected chi connectivity index (χ0v) is 12.0. The highest BCUT2D eigenvalue weighted by molar-refractivity contribution is 5.75. The van der Waals surface area contributed by atoms with E-state index < -0.39 is 0 Å². The largest absolute Gasteiger partial charge is 0.494 e. The highest BCUT2D eigenvalue weighted by atomic mass is 19.1. The molecule has 0 radical (unpaired) electrons. The molecule has 1 aromatic carbocycles. The van der Waals surface area contributed by atoms with Crippen LogP contribution in [0.1, 0.15) is 18.4 Å². The van der Waals surface area contributed by atoms with Crippen molar-refractivity contribution >= 4 is 5.91 Å². The number of likely N-dealkylation sites (tertiary alicyclic amines) is 1. The molecule has 1 fully saturated rings. The predicted octanol–water partition coefficient (Wildman–Crippen LogP) is 1.79. The number of hydrogen-bond acceptors (Lipinski definition) is 3. The summed E-state index contributed by atoms with van der Waals surface area (Å²) < 4.78 is 19.1. The molecule has 1 saturated heterocycles. The van der Waals surface area contributed by atoms with Gasteiger partial charge in [0, 0.05) is 32.1 Å². The number of benzene rings is 1. The Morgan fingerprint density at radius 2 is 2.35 bits per heavy atom. The Morgan fingerprint density at radius 3 is 3.05 bits per heavy atom. The molecule has 4 nitrogen and oxygen atoms in total. The summed E-state index contributed by atoms with van der Waals surface area (Å²) in [6.07, 6.45) is 1.53. The average molecular weight is 280 g/mol. The van der Waals surface area contributed by atoms with Gasteiger partial charge in [-0.15, -0.1) is 0 Å². The van der Waals surface area contributed by atoms with E-state index in [0.29, 0.717) is 24.4 Å². The molecule has 20 heavy (non-hydrogen) atoms. The Kier molecular flexibility index (Phi) is 4.95. The van der Waals surface area contributed by atoms with Crippen molar-refractivity contribution in [2.75, 3.05) is 27.2 Å². The third-order valence-electron chi connectivity index (χ3n) is 3.78. The second-order valence-corrected chi connectivity index (χ2v) is 5.20. The van der Waals surface area contributed by atoms with E-state index in [2.05, 4.69) is 10.2 Å². The van der Waals surface area contributed by atoms with E-state index in [4.69, 9.17) is 4.74 Å². The third kappa shape index (κ3) is 3.48. The summed E-state index contributed by atoms with van der Waals surface area (Å²) in [6, 6.07) is 5.20. The molecule has 1 aromatic rings. The summed E-state index contributed by atoms with van der Waals surface area (Å²) in [4.78, 5) is 13.6. The van der Waals surface area contributed by atoms with Crippen LogP contribution in [0.3, 0.4) is 0 Å². The van der Waals surface area contributed by atoms with Crippen LogP contribution in [0.25, 0.3) is 0 Å². The SMILES string of the molecule is CNC(=O)C[C@H]1CCN(Cc2cccc(OC)c2F)C1. The van der Waals surface area contributed by atoms with Gasteiger partial charge in [-0.05, 0) is 24.9 Å². The molecule has 0 spiro atoms. The van der Waals surface area contributed by atoms with Gasteiger partial charge in [0.2, 0.25) is 5.91 Å². The quantitative estimate of drug-likeness (QED) is 0.894. The number of nitrogens with one attached hydrogen (secondary N) is 1. The fraction of sp³-hybridized carbons (Fsp3) is 0.533. The number of methoxy groups -OCH3 is 1. The van der Waals surface area contributed by atoms with Gasteiger partial charge in [0.15, 0.2) is 11.6 Å². The maximum Gasteiger partial charge on any atom is 0.220 e. The van der Waals surface area contributed by atoms with E-state index >= 15 is 0 Å². The van der Waals surface area contributed by atoms with Gasteiger partial charge in [-0.3, -0.25) is 9.69 Å². The average Bonchev–Trinajstić information content (AvgIpc) is 2.88. The molecule has 2 rings (SSSR count). The van der Waals surface area contributed by atoms with Crippen molar-refractivity contribution in [2.24, 2.45) is 5.92 Å². The second kappa shape index (κ2) is 6.70. The van der Waals surface area contributed by atoms with E-state index in [9.17, 15) is 9.18 Å². The van der Waals surface area contributed by atoms with Crippen LogP contribution in [0.2, 0.25) is 0 Å². The minimum absolute atomic E-state index is 0.0735. The second-order valence-electron chi connectivity index (χ2n) is 5.20. The van der Waals surface area contributed by atoms with Crippen molar-refractivity contribution in [2.45, 2.75) is 19.4 Å². The van der Waals surface area contributed by atoms with Crippen LogP contribution in [-0.4, -0.2) is 38.1 Å². The molecule has 0 bridgehead atoms. The van der Waals surface area contributed by atoms with Gasteiger partial charge < -0.3 is 10.1 Å². The lowest BCUT2D eigenvalue weighted by Crippen LogP contribution is -2.24. The molecule has 110 valence electrons. The van der Waals surface area contributed by atoms with Gasteiger partial charge in [0.1, 0.15) is 0 Å². The fourth-order valence-corrected chi connectivity index (χ4v) is 2.66. The summed E-state index contributed by atoms with van der Waals surface area (Å²) in [5, 5.41) is 2.65. The van der Waals surface area contributed by atoms with Crippen molar-refractivity contribution in [1.29, 1.82) is 0 Å². The number of rotatable bonds is 5. The molecule has 1 heterocycles. The Balaban J connectivity index is 1.94. The van der Waals surface area contributed by atoms with Crippen molar-refractivity contribution in [3.63, 3.8) is 0 Å². The molecule has 0 unspecified atom stereocenters. The third-order valence-corrected chi connectivity index (χ3v) is 3.78. The smallest absolute Gasteiger partial charge is 0.220 e. The molecular weight excluding hydrogens is 259 g/mol. The first-order chi connectivity index (χ1) is 9.63. The Labute approximate surface area is 118 Å². The van der Waals surface area contributed by atoms with Crippen LogP contribution in [0, 0.1) is 11.7 Å². The first-order valence-corrected chi connectivity index (χ1v) is 6.88. The van der Waals surface area contributed by atoms with Gasteiger partial charge in [0.05, 0.1) is 7.11 Å². The van der Waals surface area contributed by atoms with Crippen LogP contribution < -0.4 is 10.1 Å². The summed E-state index contributed by atoms with van der Waals surface area (Å²) in [7, 11) is 3.12. The van der Waals surface area contributed by atoms with Crippen LogP contribution in [0.15, 0.2) is 18.2 Å². The minimum Gasteiger partial charge on any atom is -0.494 e. The highest BCUT2D eigenvalue weighted by Crippen LogP contribution is 2.25. The number of carbonyl (C=O) groups is 1. The van der Waals surface area contributed by atoms with E-state index in [1.54, 1.807) is 25.2 Å². The Hall–Kier alpha value is -1.62. The first kappa shape index (κ1) is 14.8. The van der Waals surface area contributed by atoms with E-state index in [-0.39, 0.29) is 17.5 Å². The summed E-state index contributed by atoms with van der Waals surface area (Å²) >= 11 is 0. The zero-order valence-electron chi connectivity index (χ0n) is 12.0. The lowest BCUT2D eigenvalue weighted by atomic mass is 10.0. The number of ether oxygens (including phenoxy) is 1. The predicted molar refractivity (Wildman–Crippen MR) is 75.0 cm³/mol. The summed E-state index contributed by atoms with van der Waals surface area (Å²) in [5.41, 5.74) is 0.643. The standard InChI is InChI=1S/C15H21FN2O2/c1-17-14(19)8-11-6-7-18(9-11)10-12-4-3-5-13(20-2)15(12)16/h3-5,11H,6-10H2,1-2H3,(H,17,19)/t11-/m1/s1. The first-order valence-electron chi connectivity index (χ1n) is 6.88. The van der Waals surface area contributed by atoms with E-state index in [1.165, 1.54) is 7.11 Å². The molecule has 1 aliphatic rings. The summed E-state index contributed by atoms with van der Waals surface area (Å²) in [5.74, 6) is 0.432. The molecule has 0 saturated carbocycles. The molecule has 1 atom stereocenters. The van der Waals surface area contributed by atoms with Crippen LogP contribution in [0.4, 0.5) is 4.39 Å². The van der Waals surface area contributed by atoms with E-state index in [1.807, 2.05) is 0 Å². The minimum atomic E-state index is -0.287. The molecule has 5 heteroatoms. The highest BCUT2D eigenvalue weighted by Gasteiger charge is 2.25. The van der Waals surface area contributed by atoms with Gasteiger partial charge in [0.25, 0.3) is 0 Å². The van der Waals surface area contributed by atoms with Crippen LogP contribution in [-0.2, 0) is 11.3 Å². The van der Waals surface area contributed by atoms with Crippen LogP contribution in [0.5, 0.6) is 5.75 Å². The monoisotopic (exact) mass is 280 g/mol. The van der Waals surface area contributed by atoms with Gasteiger partial charge >= 0.3 is 0 Å². The van der Waals surface area contributed by atoms with Crippen LogP contribution >= 0.6 is 0 Å². The number of amides is 1. The topological polar surface area (TPSA) is 41.6 Å². The molecule has 1 N–H and O–H groups in total. The molecule has 0 aliphatic carbocycles. The molecule has 0 aromatic heterocycles. The Bertz CT molecular complexity index is 479. The maximum absolute atomic E-state index is 14.1. The lowest BCUT2D eigenvalue weighted by molar-refractivity contribution is -0.121. The van der Waals surface area contributed by atoms with Crippen molar-refractivity contribution in [3.05, 3.63) is 29.6 Å². The van der Waals surface area contributed by atoms with Crippen molar-refractivity contribution < 1.29 is 13.9 Å². The Morgan fingerprint density at radius 1 is 1.55 bits per heavy atom. The number of halogens is 1. The maximum atomic E-state index is 14.1. The lowest BCUT2D eigenvalue weighted by Gasteiger charge is -2.17. The molecule has 1 aliphatic heterocycles. The van der Waals surface area contributed by atoms with Gasteiger partial charge in [-0.2, -0.15) is 0 Å². The normalized spacial score (nSPS) is 19.1. The van der Waals surface area contributed by atoms with Crippen molar-refractivity contribution in [3.8, 4) is 5.75 Å². The number of hydrogen-bond donors (Lipinski definition) is 1. The van der Waals surface area contributed by atoms with Gasteiger partial charge in [-0.25, -0.2) is 4.39 Å². The number of carbonyl (C=O) groups excluding carboxylic acids is 1.